The summed E-state index contributed by atoms with van der Waals surface area (Å²) >= 11 is 0. The van der Waals surface area contributed by atoms with Gasteiger partial charge in [0.2, 0.25) is 0 Å². The van der Waals surface area contributed by atoms with Crippen LogP contribution in [-0.4, -0.2) is 16.8 Å². The highest BCUT2D eigenvalue weighted by atomic mass is 19.1. The first-order chi connectivity index (χ1) is 9.92. The highest BCUT2D eigenvalue weighted by Gasteiger charge is 2.14. The van der Waals surface area contributed by atoms with Gasteiger partial charge < -0.3 is 5.32 Å². The minimum Gasteiger partial charge on any atom is -0.313 e. The fourth-order valence-corrected chi connectivity index (χ4v) is 2.91. The fraction of sp³-hybridized carbons (Fsp3) is 0.471. The molecule has 0 radical (unpaired) electrons. The molecule has 1 aromatic heterocycles. The molecule has 0 saturated heterocycles. The van der Waals surface area contributed by atoms with E-state index >= 15 is 0 Å². The lowest BCUT2D eigenvalue weighted by Gasteiger charge is -2.17. The van der Waals surface area contributed by atoms with Crippen molar-refractivity contribution in [2.24, 2.45) is 7.05 Å². The van der Waals surface area contributed by atoms with Crippen LogP contribution in [0.5, 0.6) is 0 Å². The topological polar surface area (TPSA) is 29.9 Å². The molecule has 2 aromatic rings. The molecule has 21 heavy (non-hydrogen) atoms. The summed E-state index contributed by atoms with van der Waals surface area (Å²) < 4.78 is 15.5. The molecule has 1 atom stereocenters. The third-order valence-corrected chi connectivity index (χ3v) is 4.16. The second-order valence-electron chi connectivity index (χ2n) is 5.71. The van der Waals surface area contributed by atoms with Gasteiger partial charge in [-0.25, -0.2) is 4.39 Å². The van der Waals surface area contributed by atoms with Crippen LogP contribution in [0.25, 0.3) is 0 Å². The van der Waals surface area contributed by atoms with Gasteiger partial charge in [-0.3, -0.25) is 4.68 Å². The van der Waals surface area contributed by atoms with Gasteiger partial charge in [0.25, 0.3) is 0 Å². The Morgan fingerprint density at radius 1 is 1.24 bits per heavy atom. The van der Waals surface area contributed by atoms with E-state index in [4.69, 9.17) is 0 Å². The molecule has 0 spiro atoms. The predicted molar refractivity (Wildman–Crippen MR) is 83.9 cm³/mol. The van der Waals surface area contributed by atoms with Crippen LogP contribution in [0, 0.1) is 26.6 Å². The summed E-state index contributed by atoms with van der Waals surface area (Å²) in [4.78, 5) is 0. The van der Waals surface area contributed by atoms with E-state index in [1.807, 2.05) is 38.7 Å². The first-order valence-electron chi connectivity index (χ1n) is 7.35. The molecule has 114 valence electrons. The van der Waals surface area contributed by atoms with E-state index in [2.05, 4.69) is 17.3 Å². The van der Waals surface area contributed by atoms with Crippen LogP contribution >= 0.6 is 0 Å². The van der Waals surface area contributed by atoms with E-state index in [0.29, 0.717) is 0 Å². The summed E-state index contributed by atoms with van der Waals surface area (Å²) in [5, 5.41) is 7.75. The van der Waals surface area contributed by atoms with Gasteiger partial charge in [-0.1, -0.05) is 6.07 Å². The van der Waals surface area contributed by atoms with Gasteiger partial charge in [0.05, 0.1) is 5.69 Å². The smallest absolute Gasteiger partial charge is 0.123 e. The monoisotopic (exact) mass is 289 g/mol. The quantitative estimate of drug-likeness (QED) is 0.914. The van der Waals surface area contributed by atoms with Crippen LogP contribution in [0.15, 0.2) is 18.2 Å². The van der Waals surface area contributed by atoms with Gasteiger partial charge >= 0.3 is 0 Å². The lowest BCUT2D eigenvalue weighted by atomic mass is 9.97. The Morgan fingerprint density at radius 3 is 2.48 bits per heavy atom. The number of halogens is 1. The molecule has 2 rings (SSSR count). The second-order valence-corrected chi connectivity index (χ2v) is 5.71. The fourth-order valence-electron chi connectivity index (χ4n) is 2.91. The zero-order valence-corrected chi connectivity index (χ0v) is 13.5. The Balaban J connectivity index is 2.16. The van der Waals surface area contributed by atoms with Crippen molar-refractivity contribution in [2.45, 2.75) is 39.7 Å². The molecule has 0 aliphatic heterocycles. The number of hydrogen-bond donors (Lipinski definition) is 1. The highest BCUT2D eigenvalue weighted by Crippen LogP contribution is 2.23. The first kappa shape index (κ1) is 15.7. The van der Waals surface area contributed by atoms with Crippen LogP contribution in [-0.2, 0) is 13.5 Å². The summed E-state index contributed by atoms with van der Waals surface area (Å²) in [5.41, 5.74) is 5.55. The maximum atomic E-state index is 13.6. The normalized spacial score (nSPS) is 12.7. The Bertz CT molecular complexity index is 611. The average molecular weight is 289 g/mol. The van der Waals surface area contributed by atoms with Crippen molar-refractivity contribution in [3.05, 3.63) is 52.1 Å². The molecule has 1 heterocycles. The van der Waals surface area contributed by atoms with E-state index in [1.165, 1.54) is 11.3 Å². The highest BCUT2D eigenvalue weighted by molar-refractivity contribution is 5.28. The Hall–Kier alpha value is -1.68. The summed E-state index contributed by atoms with van der Waals surface area (Å²) in [6, 6.07) is 5.38. The van der Waals surface area contributed by atoms with Gasteiger partial charge in [-0.15, -0.1) is 0 Å². The molecule has 4 heteroatoms. The van der Waals surface area contributed by atoms with Crippen molar-refractivity contribution in [1.29, 1.82) is 0 Å². The molecule has 1 aromatic carbocycles. The molecule has 1 unspecified atom stereocenters. The van der Waals surface area contributed by atoms with Crippen LogP contribution in [0.1, 0.15) is 40.5 Å². The molecular formula is C17H24FN3. The third kappa shape index (κ3) is 3.50. The zero-order chi connectivity index (χ0) is 15.6. The Labute approximate surface area is 126 Å². The van der Waals surface area contributed by atoms with E-state index in [0.717, 1.165) is 29.7 Å². The standard InChI is InChI=1S/C17H24FN3/c1-11-8-14(10-15(18)9-11)17(19-4)7-6-16-12(2)20-21(5)13(16)3/h8-10,17,19H,6-7H2,1-5H3. The van der Waals surface area contributed by atoms with E-state index in [-0.39, 0.29) is 11.9 Å². The SMILES string of the molecule is CNC(CCc1c(C)nn(C)c1C)c1cc(C)cc(F)c1. The molecule has 3 nitrogen and oxygen atoms in total. The van der Waals surface area contributed by atoms with Gasteiger partial charge in [-0.2, -0.15) is 5.10 Å². The first-order valence-corrected chi connectivity index (χ1v) is 7.35. The number of rotatable bonds is 5. The molecule has 0 fully saturated rings. The van der Waals surface area contributed by atoms with Crippen molar-refractivity contribution in [3.8, 4) is 0 Å². The number of aromatic nitrogens is 2. The van der Waals surface area contributed by atoms with Crippen LogP contribution < -0.4 is 5.32 Å². The lowest BCUT2D eigenvalue weighted by Crippen LogP contribution is -2.17. The van der Waals surface area contributed by atoms with E-state index in [9.17, 15) is 4.39 Å². The number of nitrogens with one attached hydrogen (secondary N) is 1. The maximum absolute atomic E-state index is 13.6. The summed E-state index contributed by atoms with van der Waals surface area (Å²) in [5.74, 6) is -0.168. The predicted octanol–water partition coefficient (Wildman–Crippen LogP) is 3.38. The lowest BCUT2D eigenvalue weighted by molar-refractivity contribution is 0.540. The van der Waals surface area contributed by atoms with Gasteiger partial charge in [0, 0.05) is 18.8 Å². The van der Waals surface area contributed by atoms with Crippen molar-refractivity contribution < 1.29 is 4.39 Å². The molecule has 0 aliphatic rings. The van der Waals surface area contributed by atoms with E-state index < -0.39 is 0 Å². The molecule has 0 amide bonds. The summed E-state index contributed by atoms with van der Waals surface area (Å²) in [7, 11) is 3.89. The largest absolute Gasteiger partial charge is 0.313 e. The third-order valence-electron chi connectivity index (χ3n) is 4.16. The molecule has 1 N–H and O–H groups in total. The number of aryl methyl sites for hydroxylation is 3. The maximum Gasteiger partial charge on any atom is 0.123 e. The Morgan fingerprint density at radius 2 is 1.95 bits per heavy atom. The zero-order valence-electron chi connectivity index (χ0n) is 13.5. The van der Waals surface area contributed by atoms with Crippen molar-refractivity contribution in [1.82, 2.24) is 15.1 Å². The van der Waals surface area contributed by atoms with Gasteiger partial charge in [0.15, 0.2) is 0 Å². The second kappa shape index (κ2) is 6.39. The van der Waals surface area contributed by atoms with Crippen molar-refractivity contribution in [2.75, 3.05) is 7.05 Å². The molecule has 0 aliphatic carbocycles. The number of benzene rings is 1. The van der Waals surface area contributed by atoms with Crippen LogP contribution in [0.2, 0.25) is 0 Å². The molecule has 0 bridgehead atoms. The van der Waals surface area contributed by atoms with E-state index in [1.54, 1.807) is 12.1 Å². The van der Waals surface area contributed by atoms with Crippen molar-refractivity contribution in [3.63, 3.8) is 0 Å². The minimum atomic E-state index is -0.168. The summed E-state index contributed by atoms with van der Waals surface area (Å²) in [6.07, 6.45) is 1.86. The van der Waals surface area contributed by atoms with Crippen LogP contribution in [0.4, 0.5) is 4.39 Å². The molecular weight excluding hydrogens is 265 g/mol. The Kier molecular flexibility index (Phi) is 4.78. The minimum absolute atomic E-state index is 0.151. The number of nitrogens with zero attached hydrogens (tertiary/aromatic N) is 2. The van der Waals surface area contributed by atoms with Crippen molar-refractivity contribution >= 4 is 0 Å². The average Bonchev–Trinajstić information content (AvgIpc) is 2.64. The van der Waals surface area contributed by atoms with Gasteiger partial charge in [-0.05, 0) is 69.5 Å². The molecule has 0 saturated carbocycles. The van der Waals surface area contributed by atoms with Gasteiger partial charge in [0.1, 0.15) is 5.82 Å². The van der Waals surface area contributed by atoms with Crippen LogP contribution in [0.3, 0.4) is 0 Å². The summed E-state index contributed by atoms with van der Waals surface area (Å²) in [6.45, 7) is 6.06. The number of hydrogen-bond acceptors (Lipinski definition) is 2.